The number of carbonyl (C=O) groups is 3. The number of amides is 2. The lowest BCUT2D eigenvalue weighted by Gasteiger charge is -2.19. The fourth-order valence-electron chi connectivity index (χ4n) is 2.51. The zero-order chi connectivity index (χ0) is 16.8. The van der Waals surface area contributed by atoms with Crippen molar-refractivity contribution < 1.29 is 24.2 Å². The van der Waals surface area contributed by atoms with Crippen molar-refractivity contribution in [2.24, 2.45) is 11.8 Å². The Bertz CT molecular complexity index is 417. The molecule has 1 fully saturated rings. The van der Waals surface area contributed by atoms with E-state index in [1.54, 1.807) is 20.8 Å². The molecule has 0 aromatic rings. The van der Waals surface area contributed by atoms with Gasteiger partial charge < -0.3 is 20.5 Å². The van der Waals surface area contributed by atoms with Gasteiger partial charge in [0.1, 0.15) is 5.60 Å². The van der Waals surface area contributed by atoms with Gasteiger partial charge in [0.25, 0.3) is 0 Å². The van der Waals surface area contributed by atoms with Gasteiger partial charge in [-0.1, -0.05) is 6.42 Å². The van der Waals surface area contributed by atoms with Crippen molar-refractivity contribution in [1.82, 2.24) is 10.6 Å². The van der Waals surface area contributed by atoms with Crippen LogP contribution < -0.4 is 10.6 Å². The smallest absolute Gasteiger partial charge is 0.407 e. The molecule has 0 heterocycles. The number of aliphatic carboxylic acids is 1. The number of carbonyl (C=O) groups excluding carboxylic acids is 2. The second kappa shape index (κ2) is 8.00. The van der Waals surface area contributed by atoms with Crippen LogP contribution >= 0.6 is 0 Å². The molecule has 2 amide bonds. The number of carboxylic acids is 1. The Balaban J connectivity index is 2.18. The third-order valence-electron chi connectivity index (χ3n) is 3.49. The number of rotatable bonds is 6. The Morgan fingerprint density at radius 2 is 1.68 bits per heavy atom. The van der Waals surface area contributed by atoms with Gasteiger partial charge in [0.15, 0.2) is 0 Å². The van der Waals surface area contributed by atoms with Crippen LogP contribution in [0.25, 0.3) is 0 Å². The third kappa shape index (κ3) is 6.32. The maximum Gasteiger partial charge on any atom is 0.407 e. The highest BCUT2D eigenvalue weighted by molar-refractivity contribution is 5.85. The lowest BCUT2D eigenvalue weighted by Crippen LogP contribution is -2.37. The van der Waals surface area contributed by atoms with E-state index in [1.807, 2.05) is 0 Å². The first-order valence-corrected chi connectivity index (χ1v) is 7.68. The summed E-state index contributed by atoms with van der Waals surface area (Å²) in [5, 5.41) is 14.4. The molecule has 0 bridgehead atoms. The fraction of sp³-hybridized carbons (Fsp3) is 0.800. The number of hydrogen-bond acceptors (Lipinski definition) is 4. The standard InChI is InChI=1S/C15H26N2O5/c1-15(2,3)22-14(21)17-9-5-8-16-12(18)10-6-4-7-11(10)13(19)20/h10-11H,4-9H2,1-3H3,(H,16,18)(H,17,21)(H,19,20). The summed E-state index contributed by atoms with van der Waals surface area (Å²) in [7, 11) is 0. The average molecular weight is 314 g/mol. The van der Waals surface area contributed by atoms with E-state index in [2.05, 4.69) is 10.6 Å². The van der Waals surface area contributed by atoms with Crippen molar-refractivity contribution in [2.45, 2.75) is 52.1 Å². The van der Waals surface area contributed by atoms with E-state index in [1.165, 1.54) is 0 Å². The third-order valence-corrected chi connectivity index (χ3v) is 3.49. The molecule has 0 aromatic carbocycles. The molecule has 1 rings (SSSR count). The maximum atomic E-state index is 12.0. The first-order chi connectivity index (χ1) is 10.2. The minimum Gasteiger partial charge on any atom is -0.481 e. The second-order valence-corrected chi connectivity index (χ2v) is 6.56. The van der Waals surface area contributed by atoms with Gasteiger partial charge in [-0.2, -0.15) is 0 Å². The number of ether oxygens (including phenoxy) is 1. The first-order valence-electron chi connectivity index (χ1n) is 7.68. The predicted molar refractivity (Wildman–Crippen MR) is 80.3 cm³/mol. The van der Waals surface area contributed by atoms with Crippen LogP contribution in [0.3, 0.4) is 0 Å². The molecular weight excluding hydrogens is 288 g/mol. The van der Waals surface area contributed by atoms with E-state index in [0.717, 1.165) is 6.42 Å². The Hall–Kier alpha value is -1.79. The van der Waals surface area contributed by atoms with Gasteiger partial charge in [-0.15, -0.1) is 0 Å². The number of nitrogens with one attached hydrogen (secondary N) is 2. The summed E-state index contributed by atoms with van der Waals surface area (Å²) in [6.07, 6.45) is 2.04. The predicted octanol–water partition coefficient (Wildman–Crippen LogP) is 1.52. The lowest BCUT2D eigenvalue weighted by atomic mass is 9.95. The van der Waals surface area contributed by atoms with Gasteiger partial charge in [-0.25, -0.2) is 4.79 Å². The van der Waals surface area contributed by atoms with Crippen molar-refractivity contribution in [1.29, 1.82) is 0 Å². The molecular formula is C15H26N2O5. The van der Waals surface area contributed by atoms with Crippen molar-refractivity contribution in [3.63, 3.8) is 0 Å². The van der Waals surface area contributed by atoms with Crippen LogP contribution in [0, 0.1) is 11.8 Å². The molecule has 7 nitrogen and oxygen atoms in total. The molecule has 22 heavy (non-hydrogen) atoms. The lowest BCUT2D eigenvalue weighted by molar-refractivity contribution is -0.146. The van der Waals surface area contributed by atoms with Crippen LogP contribution in [-0.4, -0.2) is 41.8 Å². The minimum atomic E-state index is -0.899. The minimum absolute atomic E-state index is 0.206. The molecule has 2 atom stereocenters. The highest BCUT2D eigenvalue weighted by Gasteiger charge is 2.37. The van der Waals surface area contributed by atoms with E-state index in [-0.39, 0.29) is 5.91 Å². The van der Waals surface area contributed by atoms with Crippen molar-refractivity contribution >= 4 is 18.0 Å². The van der Waals surface area contributed by atoms with E-state index >= 15 is 0 Å². The number of alkyl carbamates (subject to hydrolysis) is 1. The van der Waals surface area contributed by atoms with Gasteiger partial charge in [-0.3, -0.25) is 9.59 Å². The first kappa shape index (κ1) is 18.3. The second-order valence-electron chi connectivity index (χ2n) is 6.56. The van der Waals surface area contributed by atoms with Crippen molar-refractivity contribution in [3.05, 3.63) is 0 Å². The SMILES string of the molecule is CC(C)(C)OC(=O)NCCCNC(=O)C1CCCC1C(=O)O. The molecule has 0 aromatic heterocycles. The van der Waals surface area contributed by atoms with Crippen LogP contribution in [-0.2, 0) is 14.3 Å². The molecule has 0 saturated heterocycles. The summed E-state index contributed by atoms with van der Waals surface area (Å²) in [6.45, 7) is 6.15. The molecule has 0 radical (unpaired) electrons. The zero-order valence-corrected chi connectivity index (χ0v) is 13.5. The Labute approximate surface area is 130 Å². The average Bonchev–Trinajstić information content (AvgIpc) is 2.85. The Morgan fingerprint density at radius 1 is 1.09 bits per heavy atom. The Kier molecular flexibility index (Phi) is 6.64. The highest BCUT2D eigenvalue weighted by Crippen LogP contribution is 2.31. The molecule has 1 aliphatic rings. The monoisotopic (exact) mass is 314 g/mol. The van der Waals surface area contributed by atoms with Crippen molar-refractivity contribution in [2.75, 3.05) is 13.1 Å². The summed E-state index contributed by atoms with van der Waals surface area (Å²) in [4.78, 5) is 34.4. The van der Waals surface area contributed by atoms with Gasteiger partial charge in [0.05, 0.1) is 11.8 Å². The molecule has 1 aliphatic carbocycles. The molecule has 3 N–H and O–H groups in total. The molecule has 1 saturated carbocycles. The molecule has 2 unspecified atom stereocenters. The molecule has 126 valence electrons. The zero-order valence-electron chi connectivity index (χ0n) is 13.5. The number of hydrogen-bond donors (Lipinski definition) is 3. The molecule has 0 aliphatic heterocycles. The normalized spacial score (nSPS) is 21.2. The summed E-state index contributed by atoms with van der Waals surface area (Å²) >= 11 is 0. The van der Waals surface area contributed by atoms with E-state index in [4.69, 9.17) is 9.84 Å². The van der Waals surface area contributed by atoms with Crippen LogP contribution in [0.1, 0.15) is 46.5 Å². The fourth-order valence-corrected chi connectivity index (χ4v) is 2.51. The largest absolute Gasteiger partial charge is 0.481 e. The van der Waals surface area contributed by atoms with Crippen LogP contribution in [0.5, 0.6) is 0 Å². The summed E-state index contributed by atoms with van der Waals surface area (Å²) in [6, 6.07) is 0. The summed E-state index contributed by atoms with van der Waals surface area (Å²) < 4.78 is 5.08. The number of carboxylic acid groups (broad SMARTS) is 1. The van der Waals surface area contributed by atoms with Gasteiger partial charge in [-0.05, 0) is 40.0 Å². The Morgan fingerprint density at radius 3 is 2.27 bits per heavy atom. The van der Waals surface area contributed by atoms with E-state index < -0.39 is 29.5 Å². The van der Waals surface area contributed by atoms with E-state index in [0.29, 0.717) is 32.4 Å². The van der Waals surface area contributed by atoms with E-state index in [9.17, 15) is 14.4 Å². The quantitative estimate of drug-likeness (QED) is 0.645. The topological polar surface area (TPSA) is 105 Å². The van der Waals surface area contributed by atoms with Gasteiger partial charge in [0.2, 0.25) is 5.91 Å². The summed E-state index contributed by atoms with van der Waals surface area (Å²) in [5.74, 6) is -2.11. The van der Waals surface area contributed by atoms with Gasteiger partial charge >= 0.3 is 12.1 Å². The van der Waals surface area contributed by atoms with Crippen LogP contribution in [0.4, 0.5) is 4.79 Å². The molecule has 7 heteroatoms. The highest BCUT2D eigenvalue weighted by atomic mass is 16.6. The molecule has 0 spiro atoms. The van der Waals surface area contributed by atoms with Crippen LogP contribution in [0.2, 0.25) is 0 Å². The van der Waals surface area contributed by atoms with Gasteiger partial charge in [0, 0.05) is 13.1 Å². The summed E-state index contributed by atoms with van der Waals surface area (Å²) in [5.41, 5.74) is -0.535. The maximum absolute atomic E-state index is 12.0. The van der Waals surface area contributed by atoms with Crippen LogP contribution in [0.15, 0.2) is 0 Å². The van der Waals surface area contributed by atoms with Crippen molar-refractivity contribution in [3.8, 4) is 0 Å².